The van der Waals surface area contributed by atoms with Crippen LogP contribution in [0.2, 0.25) is 0 Å². The van der Waals surface area contributed by atoms with E-state index < -0.39 is 5.91 Å². The predicted molar refractivity (Wildman–Crippen MR) is 120 cm³/mol. The van der Waals surface area contributed by atoms with E-state index in [1.165, 1.54) is 32.1 Å². The van der Waals surface area contributed by atoms with Gasteiger partial charge in [-0.15, -0.1) is 0 Å². The van der Waals surface area contributed by atoms with Gasteiger partial charge in [0.15, 0.2) is 0 Å². The van der Waals surface area contributed by atoms with Crippen molar-refractivity contribution in [1.29, 1.82) is 0 Å². The minimum atomic E-state index is -0.496. The van der Waals surface area contributed by atoms with Crippen LogP contribution in [0.25, 0.3) is 10.8 Å². The van der Waals surface area contributed by atoms with E-state index >= 15 is 0 Å². The number of phenolic OH excluding ortho intramolecular Hbond substituents is 1. The summed E-state index contributed by atoms with van der Waals surface area (Å²) in [7, 11) is 0. The van der Waals surface area contributed by atoms with Gasteiger partial charge in [-0.3, -0.25) is 9.59 Å². The van der Waals surface area contributed by atoms with E-state index in [-0.39, 0.29) is 23.6 Å². The van der Waals surface area contributed by atoms with Gasteiger partial charge in [0.1, 0.15) is 5.75 Å². The Morgan fingerprint density at radius 2 is 1.68 bits per heavy atom. The van der Waals surface area contributed by atoms with Gasteiger partial charge in [0.25, 0.3) is 5.91 Å². The molecule has 2 aromatic carbocycles. The van der Waals surface area contributed by atoms with Crippen LogP contribution in [-0.2, 0) is 4.79 Å². The summed E-state index contributed by atoms with van der Waals surface area (Å²) in [4.78, 5) is 25.1. The van der Waals surface area contributed by atoms with Crippen LogP contribution >= 0.6 is 0 Å². The molecule has 6 rings (SSSR count). The topological polar surface area (TPSA) is 90.8 Å². The third-order valence-corrected chi connectivity index (χ3v) is 7.46. The van der Waals surface area contributed by atoms with E-state index in [2.05, 4.69) is 15.8 Å². The zero-order valence-electron chi connectivity index (χ0n) is 17.8. The first-order valence-corrected chi connectivity index (χ1v) is 11.3. The Morgan fingerprint density at radius 1 is 1.00 bits per heavy atom. The van der Waals surface area contributed by atoms with Crippen LogP contribution in [0.4, 0.5) is 0 Å². The Bertz CT molecular complexity index is 1030. The molecule has 0 radical (unpaired) electrons. The molecule has 0 atom stereocenters. The van der Waals surface area contributed by atoms with Gasteiger partial charge in [0, 0.05) is 17.1 Å². The number of aromatic hydroxyl groups is 1. The maximum absolute atomic E-state index is 12.6. The number of phenols is 1. The van der Waals surface area contributed by atoms with Crippen molar-refractivity contribution in [3.63, 3.8) is 0 Å². The molecule has 0 heterocycles. The largest absolute Gasteiger partial charge is 0.506 e. The lowest BCUT2D eigenvalue weighted by Crippen LogP contribution is -2.56. The van der Waals surface area contributed by atoms with Crippen molar-refractivity contribution in [2.45, 2.75) is 51.5 Å². The number of rotatable bonds is 5. The maximum atomic E-state index is 12.6. The molecule has 0 aliphatic heterocycles. The molecule has 0 unspecified atom stereocenters. The second kappa shape index (κ2) is 7.98. The number of carbonyl (C=O) groups is 2. The summed E-state index contributed by atoms with van der Waals surface area (Å²) in [5.41, 5.74) is 3.17. The highest BCUT2D eigenvalue weighted by molar-refractivity contribution is 6.05. The first-order valence-electron chi connectivity index (χ1n) is 11.3. The molecule has 4 bridgehead atoms. The molecular weight excluding hydrogens is 390 g/mol. The highest BCUT2D eigenvalue weighted by atomic mass is 16.3. The number of nitrogens with one attached hydrogen (secondary N) is 2. The van der Waals surface area contributed by atoms with Crippen molar-refractivity contribution in [3.8, 4) is 5.75 Å². The fourth-order valence-corrected chi connectivity index (χ4v) is 6.31. The molecule has 4 aliphatic rings. The van der Waals surface area contributed by atoms with Gasteiger partial charge >= 0.3 is 0 Å². The van der Waals surface area contributed by atoms with Gasteiger partial charge in [-0.1, -0.05) is 30.3 Å². The first-order chi connectivity index (χ1) is 15.0. The molecule has 0 spiro atoms. The van der Waals surface area contributed by atoms with E-state index in [0.29, 0.717) is 29.0 Å². The molecule has 4 fully saturated rings. The third kappa shape index (κ3) is 3.91. The van der Waals surface area contributed by atoms with Crippen LogP contribution < -0.4 is 10.7 Å². The summed E-state index contributed by atoms with van der Waals surface area (Å²) in [5, 5.41) is 19.3. The summed E-state index contributed by atoms with van der Waals surface area (Å²) in [5.74, 6) is 2.43. The van der Waals surface area contributed by atoms with Crippen LogP contribution in [-0.4, -0.2) is 28.7 Å². The van der Waals surface area contributed by atoms with E-state index in [4.69, 9.17) is 0 Å². The van der Waals surface area contributed by atoms with Crippen molar-refractivity contribution >= 4 is 28.3 Å². The Balaban J connectivity index is 1.18. The first kappa shape index (κ1) is 20.0. The van der Waals surface area contributed by atoms with Crippen molar-refractivity contribution in [2.75, 3.05) is 0 Å². The Kier molecular flexibility index (Phi) is 5.16. The maximum Gasteiger partial charge on any atom is 0.275 e. The average Bonchev–Trinajstić information content (AvgIpc) is 2.74. The van der Waals surface area contributed by atoms with E-state index in [9.17, 15) is 14.7 Å². The number of hydrogen-bond donors (Lipinski definition) is 3. The van der Waals surface area contributed by atoms with Gasteiger partial charge < -0.3 is 10.4 Å². The van der Waals surface area contributed by atoms with E-state index in [0.717, 1.165) is 17.2 Å². The standard InChI is InChI=1S/C25H29N3O3/c1-14(8-22(29)26-23-18-10-15-9-16(12-18)13-19(23)11-15)27-28-25(31)21-7-6-17-4-2-3-5-20(17)24(21)30/h2-7,15-16,18-19,23,30H,8-13H2,1H3,(H,26,29)(H,28,31)/b27-14+. The lowest BCUT2D eigenvalue weighted by atomic mass is 9.54. The van der Waals surface area contributed by atoms with Crippen LogP contribution in [0.15, 0.2) is 41.5 Å². The summed E-state index contributed by atoms with van der Waals surface area (Å²) in [6.07, 6.45) is 6.60. The molecule has 2 amide bonds. The average molecular weight is 420 g/mol. The van der Waals surface area contributed by atoms with Gasteiger partial charge in [0.2, 0.25) is 5.91 Å². The van der Waals surface area contributed by atoms with Gasteiger partial charge in [-0.2, -0.15) is 5.10 Å². The summed E-state index contributed by atoms with van der Waals surface area (Å²) in [6, 6.07) is 11.0. The van der Waals surface area contributed by atoms with Crippen LogP contribution in [0.1, 0.15) is 55.8 Å². The second-order valence-electron chi connectivity index (χ2n) is 9.67. The quantitative estimate of drug-likeness (QED) is 0.506. The highest BCUT2D eigenvalue weighted by Gasteiger charge is 2.48. The molecule has 31 heavy (non-hydrogen) atoms. The van der Waals surface area contributed by atoms with E-state index in [1.807, 2.05) is 18.2 Å². The lowest BCUT2D eigenvalue weighted by molar-refractivity contribution is -0.123. The molecule has 0 saturated heterocycles. The number of amides is 2. The summed E-state index contributed by atoms with van der Waals surface area (Å²) in [6.45, 7) is 1.73. The SMILES string of the molecule is C/C(CC(=O)NC1C2CC3CC(C2)CC1C3)=N\NC(=O)c1ccc2ccccc2c1O. The molecule has 0 aromatic heterocycles. The Hall–Kier alpha value is -2.89. The monoisotopic (exact) mass is 419 g/mol. The molecule has 4 saturated carbocycles. The van der Waals surface area contributed by atoms with Crippen LogP contribution in [0, 0.1) is 23.7 Å². The number of fused-ring (bicyclic) bond motifs is 1. The normalized spacial score (nSPS) is 29.2. The number of carbonyl (C=O) groups excluding carboxylic acids is 2. The Labute approximate surface area is 182 Å². The third-order valence-electron chi connectivity index (χ3n) is 7.46. The molecular formula is C25H29N3O3. The molecule has 162 valence electrons. The zero-order valence-corrected chi connectivity index (χ0v) is 17.8. The molecule has 6 nitrogen and oxygen atoms in total. The number of benzene rings is 2. The summed E-state index contributed by atoms with van der Waals surface area (Å²) < 4.78 is 0. The molecule has 6 heteroatoms. The van der Waals surface area contributed by atoms with Crippen LogP contribution in [0.5, 0.6) is 5.75 Å². The van der Waals surface area contributed by atoms with Crippen molar-refractivity contribution < 1.29 is 14.7 Å². The molecule has 3 N–H and O–H groups in total. The minimum Gasteiger partial charge on any atom is -0.506 e. The number of hydrazone groups is 1. The van der Waals surface area contributed by atoms with Gasteiger partial charge in [-0.25, -0.2) is 5.43 Å². The lowest BCUT2D eigenvalue weighted by Gasteiger charge is -2.54. The second-order valence-corrected chi connectivity index (χ2v) is 9.67. The fourth-order valence-electron chi connectivity index (χ4n) is 6.31. The van der Waals surface area contributed by atoms with E-state index in [1.54, 1.807) is 25.1 Å². The molecule has 4 aliphatic carbocycles. The predicted octanol–water partition coefficient (Wildman–Crippen LogP) is 3.98. The van der Waals surface area contributed by atoms with Crippen LogP contribution in [0.3, 0.4) is 0 Å². The number of hydrogen-bond acceptors (Lipinski definition) is 4. The highest BCUT2D eigenvalue weighted by Crippen LogP contribution is 2.53. The van der Waals surface area contributed by atoms with Crippen molar-refractivity contribution in [3.05, 3.63) is 42.0 Å². The molecule has 2 aromatic rings. The number of nitrogens with zero attached hydrogens (tertiary/aromatic N) is 1. The van der Waals surface area contributed by atoms with Crippen molar-refractivity contribution in [2.24, 2.45) is 28.8 Å². The zero-order chi connectivity index (χ0) is 21.5. The fraction of sp³-hybridized carbons (Fsp3) is 0.480. The van der Waals surface area contributed by atoms with Gasteiger partial charge in [0.05, 0.1) is 12.0 Å². The Morgan fingerprint density at radius 3 is 2.39 bits per heavy atom. The van der Waals surface area contributed by atoms with Gasteiger partial charge in [-0.05, 0) is 74.2 Å². The smallest absolute Gasteiger partial charge is 0.275 e. The summed E-state index contributed by atoms with van der Waals surface area (Å²) >= 11 is 0. The minimum absolute atomic E-state index is 0.0264. The van der Waals surface area contributed by atoms with Crippen molar-refractivity contribution in [1.82, 2.24) is 10.7 Å².